The standard InChI is InChI=1S/C23H33N5/c1-3-24-22(28-13-11-23(18-28)9-4-5-10-23)26-16-20-7-6-8-21(15-20)17-27-14-12-25-19(27)2/h6-8,12,14-15H,3-5,9-11,13,16-18H2,1-2H3,(H,24,26). The van der Waals surface area contributed by atoms with Gasteiger partial charge in [-0.25, -0.2) is 9.98 Å². The van der Waals surface area contributed by atoms with E-state index in [0.29, 0.717) is 5.41 Å². The third-order valence-corrected chi connectivity index (χ3v) is 6.42. The fraction of sp³-hybridized carbons (Fsp3) is 0.565. The molecule has 2 aliphatic rings. The quantitative estimate of drug-likeness (QED) is 0.631. The molecule has 2 heterocycles. The second-order valence-corrected chi connectivity index (χ2v) is 8.47. The van der Waals surface area contributed by atoms with E-state index in [1.165, 1.54) is 49.8 Å². The van der Waals surface area contributed by atoms with Crippen molar-refractivity contribution in [1.82, 2.24) is 19.8 Å². The van der Waals surface area contributed by atoms with Crippen LogP contribution in [0.5, 0.6) is 0 Å². The molecular weight excluding hydrogens is 346 g/mol. The lowest BCUT2D eigenvalue weighted by Gasteiger charge is -2.26. The van der Waals surface area contributed by atoms with Crippen molar-refractivity contribution < 1.29 is 0 Å². The van der Waals surface area contributed by atoms with Crippen LogP contribution in [0.1, 0.15) is 56.0 Å². The Labute approximate surface area is 168 Å². The number of aliphatic imine (C=N–C) groups is 1. The van der Waals surface area contributed by atoms with E-state index >= 15 is 0 Å². The normalized spacial score (nSPS) is 18.9. The summed E-state index contributed by atoms with van der Waals surface area (Å²) >= 11 is 0. The fourth-order valence-corrected chi connectivity index (χ4v) is 4.83. The Hall–Kier alpha value is -2.30. The van der Waals surface area contributed by atoms with E-state index in [2.05, 4.69) is 51.0 Å². The first kappa shape index (κ1) is 19.0. The molecule has 2 aromatic rings. The largest absolute Gasteiger partial charge is 0.357 e. The van der Waals surface area contributed by atoms with Crippen molar-refractivity contribution in [2.75, 3.05) is 19.6 Å². The summed E-state index contributed by atoms with van der Waals surface area (Å²) in [4.78, 5) is 11.8. The molecule has 1 spiro atoms. The second-order valence-electron chi connectivity index (χ2n) is 8.47. The Morgan fingerprint density at radius 1 is 1.21 bits per heavy atom. The second kappa shape index (κ2) is 8.38. The van der Waals surface area contributed by atoms with Crippen molar-refractivity contribution in [3.8, 4) is 0 Å². The molecule has 1 N–H and O–H groups in total. The van der Waals surface area contributed by atoms with Gasteiger partial charge in [-0.1, -0.05) is 37.1 Å². The van der Waals surface area contributed by atoms with E-state index in [4.69, 9.17) is 4.99 Å². The molecule has 1 saturated heterocycles. The van der Waals surface area contributed by atoms with E-state index < -0.39 is 0 Å². The monoisotopic (exact) mass is 379 g/mol. The minimum atomic E-state index is 0.568. The molecule has 0 radical (unpaired) electrons. The fourth-order valence-electron chi connectivity index (χ4n) is 4.83. The Morgan fingerprint density at radius 2 is 2.04 bits per heavy atom. The highest BCUT2D eigenvalue weighted by molar-refractivity contribution is 5.80. The maximum absolute atomic E-state index is 4.99. The average Bonchev–Trinajstić information content (AvgIpc) is 3.43. The van der Waals surface area contributed by atoms with Gasteiger partial charge >= 0.3 is 0 Å². The van der Waals surface area contributed by atoms with Crippen molar-refractivity contribution in [3.05, 3.63) is 53.6 Å². The molecule has 1 saturated carbocycles. The molecule has 1 aliphatic carbocycles. The number of benzene rings is 1. The number of likely N-dealkylation sites (tertiary alicyclic amines) is 1. The van der Waals surface area contributed by atoms with Gasteiger partial charge < -0.3 is 14.8 Å². The summed E-state index contributed by atoms with van der Waals surface area (Å²) < 4.78 is 2.18. The lowest BCUT2D eigenvalue weighted by atomic mass is 9.86. The first-order chi connectivity index (χ1) is 13.7. The molecule has 5 heteroatoms. The first-order valence-corrected chi connectivity index (χ1v) is 10.8. The van der Waals surface area contributed by atoms with Gasteiger partial charge in [0, 0.05) is 38.6 Å². The summed E-state index contributed by atoms with van der Waals surface area (Å²) in [7, 11) is 0. The van der Waals surface area contributed by atoms with Crippen molar-refractivity contribution in [2.45, 2.75) is 59.0 Å². The minimum absolute atomic E-state index is 0.568. The number of imidazole rings is 1. The van der Waals surface area contributed by atoms with Gasteiger partial charge in [-0.3, -0.25) is 0 Å². The highest BCUT2D eigenvalue weighted by Crippen LogP contribution is 2.45. The number of hydrogen-bond donors (Lipinski definition) is 1. The Balaban J connectivity index is 1.44. The van der Waals surface area contributed by atoms with Crippen LogP contribution in [-0.2, 0) is 13.1 Å². The van der Waals surface area contributed by atoms with Crippen molar-refractivity contribution in [1.29, 1.82) is 0 Å². The van der Waals surface area contributed by atoms with Crippen molar-refractivity contribution >= 4 is 5.96 Å². The molecule has 5 nitrogen and oxygen atoms in total. The zero-order valence-electron chi connectivity index (χ0n) is 17.3. The molecule has 0 atom stereocenters. The van der Waals surface area contributed by atoms with Gasteiger partial charge in [0.15, 0.2) is 5.96 Å². The zero-order chi connectivity index (χ0) is 19.4. The minimum Gasteiger partial charge on any atom is -0.357 e. The number of hydrogen-bond acceptors (Lipinski definition) is 2. The predicted molar refractivity (Wildman–Crippen MR) is 114 cm³/mol. The number of aryl methyl sites for hydroxylation is 1. The van der Waals surface area contributed by atoms with Crippen LogP contribution in [-0.4, -0.2) is 40.0 Å². The summed E-state index contributed by atoms with van der Waals surface area (Å²) in [6.45, 7) is 9.03. The number of rotatable bonds is 5. The lowest BCUT2D eigenvalue weighted by Crippen LogP contribution is -2.41. The van der Waals surface area contributed by atoms with Gasteiger partial charge in [-0.15, -0.1) is 0 Å². The van der Waals surface area contributed by atoms with E-state index in [0.717, 1.165) is 38.0 Å². The third kappa shape index (κ3) is 4.23. The van der Waals surface area contributed by atoms with E-state index in [9.17, 15) is 0 Å². The molecule has 0 bridgehead atoms. The van der Waals surface area contributed by atoms with Gasteiger partial charge in [0.1, 0.15) is 5.82 Å². The van der Waals surface area contributed by atoms with Crippen LogP contribution in [0.25, 0.3) is 0 Å². The predicted octanol–water partition coefficient (Wildman–Crippen LogP) is 3.97. The van der Waals surface area contributed by atoms with Crippen LogP contribution in [0.15, 0.2) is 41.7 Å². The summed E-state index contributed by atoms with van der Waals surface area (Å²) in [6.07, 6.45) is 10.8. The average molecular weight is 380 g/mol. The van der Waals surface area contributed by atoms with Crippen LogP contribution in [0, 0.1) is 12.3 Å². The Morgan fingerprint density at radius 3 is 2.79 bits per heavy atom. The van der Waals surface area contributed by atoms with Crippen LogP contribution < -0.4 is 5.32 Å². The molecule has 1 aliphatic heterocycles. The maximum Gasteiger partial charge on any atom is 0.194 e. The van der Waals surface area contributed by atoms with Gasteiger partial charge in [0.25, 0.3) is 0 Å². The van der Waals surface area contributed by atoms with Crippen LogP contribution >= 0.6 is 0 Å². The smallest absolute Gasteiger partial charge is 0.194 e. The molecule has 1 aromatic heterocycles. The zero-order valence-corrected chi connectivity index (χ0v) is 17.3. The third-order valence-electron chi connectivity index (χ3n) is 6.42. The Kier molecular flexibility index (Phi) is 5.69. The highest BCUT2D eigenvalue weighted by Gasteiger charge is 2.41. The van der Waals surface area contributed by atoms with Crippen molar-refractivity contribution in [2.24, 2.45) is 10.4 Å². The number of aromatic nitrogens is 2. The summed E-state index contributed by atoms with van der Waals surface area (Å²) in [5, 5.41) is 3.52. The molecule has 150 valence electrons. The molecule has 0 amide bonds. The lowest BCUT2D eigenvalue weighted by molar-refractivity contribution is 0.309. The van der Waals surface area contributed by atoms with E-state index in [1.54, 1.807) is 0 Å². The molecule has 28 heavy (non-hydrogen) atoms. The number of guanidine groups is 1. The molecule has 1 aromatic carbocycles. The summed E-state index contributed by atoms with van der Waals surface area (Å²) in [5.74, 6) is 2.13. The van der Waals surface area contributed by atoms with E-state index in [1.807, 2.05) is 19.3 Å². The summed E-state index contributed by atoms with van der Waals surface area (Å²) in [5.41, 5.74) is 3.13. The molecule has 2 fully saturated rings. The molecular formula is C23H33N5. The summed E-state index contributed by atoms with van der Waals surface area (Å²) in [6, 6.07) is 8.78. The van der Waals surface area contributed by atoms with Crippen molar-refractivity contribution in [3.63, 3.8) is 0 Å². The van der Waals surface area contributed by atoms with E-state index in [-0.39, 0.29) is 0 Å². The first-order valence-electron chi connectivity index (χ1n) is 10.8. The van der Waals surface area contributed by atoms with Gasteiger partial charge in [0.05, 0.1) is 6.54 Å². The van der Waals surface area contributed by atoms with Gasteiger partial charge in [-0.2, -0.15) is 0 Å². The SMILES string of the molecule is CCNC(=NCc1cccc(Cn2ccnc2C)c1)N1CCC2(CCCC2)C1. The van der Waals surface area contributed by atoms with Gasteiger partial charge in [0.2, 0.25) is 0 Å². The molecule has 4 rings (SSSR count). The van der Waals surface area contributed by atoms with Gasteiger partial charge in [-0.05, 0) is 49.7 Å². The van der Waals surface area contributed by atoms with Crippen LogP contribution in [0.3, 0.4) is 0 Å². The topological polar surface area (TPSA) is 45.5 Å². The van der Waals surface area contributed by atoms with Crippen LogP contribution in [0.4, 0.5) is 0 Å². The highest BCUT2D eigenvalue weighted by atomic mass is 15.3. The Bertz CT molecular complexity index is 816. The maximum atomic E-state index is 4.99. The molecule has 0 unspecified atom stereocenters. The number of nitrogens with zero attached hydrogens (tertiary/aromatic N) is 4. The number of nitrogens with one attached hydrogen (secondary N) is 1. The van der Waals surface area contributed by atoms with Crippen LogP contribution in [0.2, 0.25) is 0 Å².